The minimum Gasteiger partial charge on any atom is -0.461 e. The number of carbonyl (C=O) groups is 1. The fourth-order valence-electron chi connectivity index (χ4n) is 2.72. The van der Waals surface area contributed by atoms with E-state index < -0.39 is 0 Å². The first-order valence-electron chi connectivity index (χ1n) is 6.89. The van der Waals surface area contributed by atoms with Gasteiger partial charge >= 0.3 is 5.97 Å². The van der Waals surface area contributed by atoms with Crippen molar-refractivity contribution >= 4 is 5.97 Å². The van der Waals surface area contributed by atoms with Crippen molar-refractivity contribution in [3.8, 4) is 0 Å². The van der Waals surface area contributed by atoms with Crippen LogP contribution in [-0.4, -0.2) is 12.6 Å². The molecule has 0 aliphatic carbocycles. The van der Waals surface area contributed by atoms with Crippen LogP contribution >= 0.6 is 0 Å². The van der Waals surface area contributed by atoms with Crippen LogP contribution in [0.3, 0.4) is 0 Å². The second-order valence-corrected chi connectivity index (χ2v) is 5.66. The molecule has 1 unspecified atom stereocenters. The maximum absolute atomic E-state index is 11.2. The van der Waals surface area contributed by atoms with Crippen molar-refractivity contribution in [2.24, 2.45) is 17.8 Å². The van der Waals surface area contributed by atoms with E-state index in [0.29, 0.717) is 12.5 Å². The van der Waals surface area contributed by atoms with Crippen molar-refractivity contribution in [2.45, 2.75) is 53.4 Å². The Kier molecular flexibility index (Phi) is 5.73. The third-order valence-corrected chi connectivity index (χ3v) is 3.45. The van der Waals surface area contributed by atoms with E-state index in [0.717, 1.165) is 12.3 Å². The molecule has 0 fully saturated rings. The molecule has 0 aromatic heterocycles. The lowest BCUT2D eigenvalue weighted by molar-refractivity contribution is -0.146. The minimum absolute atomic E-state index is 0.0565. The average molecular weight is 238 g/mol. The fraction of sp³-hybridized carbons (Fsp3) is 0.800. The van der Waals surface area contributed by atoms with Crippen LogP contribution in [0.15, 0.2) is 11.6 Å². The molecule has 0 saturated carbocycles. The Hall–Kier alpha value is -0.790. The van der Waals surface area contributed by atoms with Crippen LogP contribution in [-0.2, 0) is 9.53 Å². The number of hydrogen-bond acceptors (Lipinski definition) is 2. The summed E-state index contributed by atoms with van der Waals surface area (Å²) in [5, 5.41) is 0. The van der Waals surface area contributed by atoms with Crippen molar-refractivity contribution in [1.82, 2.24) is 0 Å². The van der Waals surface area contributed by atoms with Crippen molar-refractivity contribution in [2.75, 3.05) is 6.61 Å². The van der Waals surface area contributed by atoms with Crippen LogP contribution in [0.4, 0.5) is 0 Å². The van der Waals surface area contributed by atoms with E-state index in [9.17, 15) is 4.79 Å². The van der Waals surface area contributed by atoms with Gasteiger partial charge in [0.2, 0.25) is 0 Å². The number of carbonyl (C=O) groups excluding carboxylic acids is 1. The number of cyclic esters (lactones) is 1. The summed E-state index contributed by atoms with van der Waals surface area (Å²) < 4.78 is 5.15. The predicted molar refractivity (Wildman–Crippen MR) is 70.7 cm³/mol. The molecule has 0 bridgehead atoms. The molecule has 0 amide bonds. The van der Waals surface area contributed by atoms with E-state index in [2.05, 4.69) is 26.8 Å². The summed E-state index contributed by atoms with van der Waals surface area (Å²) in [6.45, 7) is 9.29. The van der Waals surface area contributed by atoms with Crippen molar-refractivity contribution in [3.05, 3.63) is 11.6 Å². The highest BCUT2D eigenvalue weighted by Gasteiger charge is 2.20. The van der Waals surface area contributed by atoms with E-state index in [4.69, 9.17) is 4.74 Å². The summed E-state index contributed by atoms with van der Waals surface area (Å²) in [6, 6.07) is 0. The molecule has 3 atom stereocenters. The van der Waals surface area contributed by atoms with Crippen molar-refractivity contribution in [1.29, 1.82) is 0 Å². The molecule has 2 heteroatoms. The van der Waals surface area contributed by atoms with Crippen LogP contribution in [0.5, 0.6) is 0 Å². The second-order valence-electron chi connectivity index (χ2n) is 5.66. The van der Waals surface area contributed by atoms with Gasteiger partial charge in [-0.25, -0.2) is 0 Å². The number of esters is 1. The van der Waals surface area contributed by atoms with Gasteiger partial charge in [0.15, 0.2) is 0 Å². The summed E-state index contributed by atoms with van der Waals surface area (Å²) in [6.07, 6.45) is 7.02. The Morgan fingerprint density at radius 3 is 2.71 bits per heavy atom. The van der Waals surface area contributed by atoms with Gasteiger partial charge in [-0.05, 0) is 37.2 Å². The third kappa shape index (κ3) is 4.93. The lowest BCUT2D eigenvalue weighted by Crippen LogP contribution is -2.21. The first kappa shape index (κ1) is 14.3. The van der Waals surface area contributed by atoms with Crippen molar-refractivity contribution in [3.63, 3.8) is 0 Å². The Bertz CT molecular complexity index is 281. The Balaban J connectivity index is 2.38. The first-order valence-corrected chi connectivity index (χ1v) is 6.89. The second kappa shape index (κ2) is 6.83. The highest BCUT2D eigenvalue weighted by Crippen LogP contribution is 2.25. The zero-order valence-corrected chi connectivity index (χ0v) is 11.7. The molecule has 0 aromatic carbocycles. The molecule has 0 aromatic rings. The molecule has 1 rings (SSSR count). The van der Waals surface area contributed by atoms with Gasteiger partial charge in [0.1, 0.15) is 6.61 Å². The molecule has 2 nitrogen and oxygen atoms in total. The normalized spacial score (nSPS) is 23.9. The predicted octanol–water partition coefficient (Wildman–Crippen LogP) is 3.96. The van der Waals surface area contributed by atoms with Gasteiger partial charge in [-0.3, -0.25) is 4.79 Å². The van der Waals surface area contributed by atoms with Crippen LogP contribution in [0, 0.1) is 17.8 Å². The lowest BCUT2D eigenvalue weighted by Gasteiger charge is -2.22. The zero-order valence-electron chi connectivity index (χ0n) is 11.7. The van der Waals surface area contributed by atoms with Gasteiger partial charge in [0.25, 0.3) is 0 Å². The summed E-state index contributed by atoms with van der Waals surface area (Å²) in [4.78, 5) is 11.2. The van der Waals surface area contributed by atoms with E-state index in [1.165, 1.54) is 24.8 Å². The van der Waals surface area contributed by atoms with Crippen LogP contribution in [0.25, 0.3) is 0 Å². The molecule has 17 heavy (non-hydrogen) atoms. The molecule has 0 saturated heterocycles. The monoisotopic (exact) mass is 238 g/mol. The highest BCUT2D eigenvalue weighted by atomic mass is 16.5. The standard InChI is InChI=1S/C15H26O2/c1-5-6-11(2)7-12(3)8-14-9-13(4)15(16)17-10-14/h9,11-13H,5-8,10H2,1-4H3/t11-,12+,13?/m0/s1. The third-order valence-electron chi connectivity index (χ3n) is 3.45. The molecule has 0 N–H and O–H groups in total. The Morgan fingerprint density at radius 1 is 1.41 bits per heavy atom. The average Bonchev–Trinajstić information content (AvgIpc) is 2.23. The minimum atomic E-state index is -0.0826. The van der Waals surface area contributed by atoms with E-state index in [1.807, 2.05) is 6.92 Å². The van der Waals surface area contributed by atoms with Gasteiger partial charge in [0.05, 0.1) is 5.92 Å². The van der Waals surface area contributed by atoms with Crippen LogP contribution in [0.2, 0.25) is 0 Å². The summed E-state index contributed by atoms with van der Waals surface area (Å²) in [5.41, 5.74) is 1.30. The fourth-order valence-corrected chi connectivity index (χ4v) is 2.72. The number of hydrogen-bond donors (Lipinski definition) is 0. The number of ether oxygens (including phenoxy) is 1. The maximum atomic E-state index is 11.2. The lowest BCUT2D eigenvalue weighted by atomic mass is 9.88. The van der Waals surface area contributed by atoms with Gasteiger partial charge < -0.3 is 4.74 Å². The molecule has 1 heterocycles. The van der Waals surface area contributed by atoms with Crippen LogP contribution < -0.4 is 0 Å². The first-order chi connectivity index (χ1) is 8.02. The molecule has 0 spiro atoms. The largest absolute Gasteiger partial charge is 0.461 e. The van der Waals surface area contributed by atoms with Gasteiger partial charge in [0, 0.05) is 0 Å². The number of rotatable bonds is 6. The molecular formula is C15H26O2. The molecule has 1 aliphatic rings. The van der Waals surface area contributed by atoms with Gasteiger partial charge in [-0.2, -0.15) is 0 Å². The van der Waals surface area contributed by atoms with E-state index >= 15 is 0 Å². The van der Waals surface area contributed by atoms with Crippen molar-refractivity contribution < 1.29 is 9.53 Å². The smallest absolute Gasteiger partial charge is 0.312 e. The van der Waals surface area contributed by atoms with E-state index in [-0.39, 0.29) is 11.9 Å². The molecular weight excluding hydrogens is 212 g/mol. The topological polar surface area (TPSA) is 26.3 Å². The van der Waals surface area contributed by atoms with Gasteiger partial charge in [-0.1, -0.05) is 39.7 Å². The summed E-state index contributed by atoms with van der Waals surface area (Å²) >= 11 is 0. The van der Waals surface area contributed by atoms with E-state index in [1.54, 1.807) is 0 Å². The summed E-state index contributed by atoms with van der Waals surface area (Å²) in [5.74, 6) is 1.35. The maximum Gasteiger partial charge on any atom is 0.312 e. The SMILES string of the molecule is CCC[C@H](C)C[C@@H](C)CC1=CC(C)C(=O)OC1. The summed E-state index contributed by atoms with van der Waals surface area (Å²) in [7, 11) is 0. The quantitative estimate of drug-likeness (QED) is 0.517. The molecule has 98 valence electrons. The molecule has 0 radical (unpaired) electrons. The van der Waals surface area contributed by atoms with Crippen LogP contribution in [0.1, 0.15) is 53.4 Å². The zero-order chi connectivity index (χ0) is 12.8. The Morgan fingerprint density at radius 2 is 2.12 bits per heavy atom. The Labute approximate surface area is 105 Å². The molecule has 1 aliphatic heterocycles. The highest BCUT2D eigenvalue weighted by molar-refractivity contribution is 5.75. The van der Waals surface area contributed by atoms with Gasteiger partial charge in [-0.15, -0.1) is 0 Å².